The van der Waals surface area contributed by atoms with E-state index in [1.54, 1.807) is 0 Å². The zero-order valence-corrected chi connectivity index (χ0v) is 46.5. The Labute approximate surface area is 435 Å². The summed E-state index contributed by atoms with van der Waals surface area (Å²) >= 11 is 0. The van der Waals surface area contributed by atoms with Gasteiger partial charge in [-0.05, 0) is 233 Å². The van der Waals surface area contributed by atoms with Crippen molar-refractivity contribution in [2.45, 2.75) is 165 Å². The first-order valence-electron chi connectivity index (χ1n) is 31.1. The summed E-state index contributed by atoms with van der Waals surface area (Å²) in [6, 6.07) is 5.23. The largest absolute Gasteiger partial charge is 0.379 e. The number of hydrogen-bond donors (Lipinski definition) is 2. The summed E-state index contributed by atoms with van der Waals surface area (Å²) in [5.74, 6) is 3.78. The van der Waals surface area contributed by atoms with E-state index < -0.39 is 0 Å². The van der Waals surface area contributed by atoms with Crippen molar-refractivity contribution in [3.8, 4) is 0 Å². The number of likely N-dealkylation sites (tertiary alicyclic amines) is 6. The molecule has 0 aromatic rings. The van der Waals surface area contributed by atoms with Crippen LogP contribution in [0.4, 0.5) is 0 Å². The first-order valence-corrected chi connectivity index (χ1v) is 31.1. The summed E-state index contributed by atoms with van der Waals surface area (Å²) in [4.78, 5) is 29.1. The van der Waals surface area contributed by atoms with Crippen molar-refractivity contribution in [2.24, 2.45) is 23.7 Å². The second-order valence-corrected chi connectivity index (χ2v) is 25.8. The Morgan fingerprint density at radius 3 is 1.37 bits per heavy atom. The van der Waals surface area contributed by atoms with Gasteiger partial charge in [0.05, 0.1) is 13.2 Å². The summed E-state index contributed by atoms with van der Waals surface area (Å²) in [6.45, 7) is 37.3. The second kappa shape index (κ2) is 26.7. The lowest BCUT2D eigenvalue weighted by Crippen LogP contribution is -2.66. The van der Waals surface area contributed by atoms with E-state index in [1.807, 2.05) is 0 Å². The van der Waals surface area contributed by atoms with Crippen LogP contribution in [0.3, 0.4) is 0 Å². The summed E-state index contributed by atoms with van der Waals surface area (Å²) < 4.78 is 5.89. The summed E-state index contributed by atoms with van der Waals surface area (Å²) in [6.07, 6.45) is 22.1. The molecule has 10 aliphatic rings. The minimum atomic E-state index is 0.559. The number of rotatable bonds is 16. The van der Waals surface area contributed by atoms with Gasteiger partial charge in [-0.3, -0.25) is 29.4 Å². The van der Waals surface area contributed by atoms with E-state index >= 15 is 0 Å². The van der Waals surface area contributed by atoms with Crippen LogP contribution in [0.1, 0.15) is 117 Å². The van der Waals surface area contributed by atoms with Crippen molar-refractivity contribution < 1.29 is 4.74 Å². The van der Waals surface area contributed by atoms with Crippen LogP contribution in [-0.2, 0) is 4.74 Å². The third kappa shape index (κ3) is 14.2. The van der Waals surface area contributed by atoms with Crippen molar-refractivity contribution in [1.29, 1.82) is 0 Å². The molecule has 10 rings (SSSR count). The zero-order chi connectivity index (χ0) is 48.5. The predicted octanol–water partition coefficient (Wildman–Crippen LogP) is 4.29. The molecule has 10 saturated heterocycles. The molecule has 408 valence electrons. The normalized spacial score (nSPS) is 31.8. The van der Waals surface area contributed by atoms with E-state index in [2.05, 4.69) is 87.6 Å². The highest BCUT2D eigenvalue weighted by molar-refractivity contribution is 5.02. The number of hydrogen-bond acceptors (Lipinski definition) is 13. The molecule has 0 bridgehead atoms. The number of nitrogens with one attached hydrogen (secondary N) is 2. The van der Waals surface area contributed by atoms with Gasteiger partial charge in [0.2, 0.25) is 0 Å². The van der Waals surface area contributed by atoms with E-state index in [4.69, 9.17) is 4.74 Å². The summed E-state index contributed by atoms with van der Waals surface area (Å²) in [5, 5.41) is 7.33. The van der Waals surface area contributed by atoms with E-state index in [0.717, 1.165) is 68.1 Å². The molecular weight excluding hydrogens is 881 g/mol. The Bertz CT molecular complexity index is 1490. The summed E-state index contributed by atoms with van der Waals surface area (Å²) in [7, 11) is 4.66. The minimum absolute atomic E-state index is 0.559. The number of ether oxygens (including phenoxy) is 1. The van der Waals surface area contributed by atoms with Gasteiger partial charge in [0.15, 0.2) is 0 Å². The molecule has 0 amide bonds. The van der Waals surface area contributed by atoms with Crippen molar-refractivity contribution in [1.82, 2.24) is 59.6 Å². The fourth-order valence-corrected chi connectivity index (χ4v) is 17.2. The Morgan fingerprint density at radius 1 is 0.380 bits per heavy atom. The monoisotopic (exact) mass is 991 g/mol. The molecule has 0 radical (unpaired) electrons. The Hall–Kier alpha value is -0.520. The Morgan fingerprint density at radius 2 is 0.803 bits per heavy atom. The average Bonchev–Trinajstić information content (AvgIpc) is 3.44. The molecule has 71 heavy (non-hydrogen) atoms. The second-order valence-electron chi connectivity index (χ2n) is 25.8. The maximum Gasteiger partial charge on any atom is 0.0594 e. The van der Waals surface area contributed by atoms with Gasteiger partial charge in [-0.2, -0.15) is 0 Å². The lowest BCUT2D eigenvalue weighted by atomic mass is 9.78. The van der Waals surface area contributed by atoms with E-state index in [9.17, 15) is 0 Å². The van der Waals surface area contributed by atoms with Crippen molar-refractivity contribution in [3.63, 3.8) is 0 Å². The SMILES string of the molecule is CC(CC(CC(C(C(C)N1CCC(N2CCNCC2)CC1)N1CCC(N2CCN(C)CC2)CC1)N1CCC(N2CCOCC2)CC1)N1CCC(C2CCNCC2)CC1)N1CCC(C2CCN(C)CC2)CC1. The van der Waals surface area contributed by atoms with Gasteiger partial charge in [0.25, 0.3) is 0 Å². The molecule has 5 atom stereocenters. The van der Waals surface area contributed by atoms with E-state index in [0.29, 0.717) is 30.2 Å². The molecular formula is C58H110N12O. The molecule has 10 aliphatic heterocycles. The number of nitrogens with zero attached hydrogens (tertiary/aromatic N) is 10. The minimum Gasteiger partial charge on any atom is -0.379 e. The molecule has 13 nitrogen and oxygen atoms in total. The quantitative estimate of drug-likeness (QED) is 0.232. The van der Waals surface area contributed by atoms with Crippen LogP contribution in [0.25, 0.3) is 0 Å². The molecule has 5 unspecified atom stereocenters. The molecule has 0 aromatic heterocycles. The first kappa shape index (κ1) is 53.9. The lowest BCUT2D eigenvalue weighted by molar-refractivity contribution is -0.0472. The van der Waals surface area contributed by atoms with Crippen LogP contribution < -0.4 is 10.6 Å². The molecule has 0 aliphatic carbocycles. The predicted molar refractivity (Wildman–Crippen MR) is 294 cm³/mol. The molecule has 0 spiro atoms. The van der Waals surface area contributed by atoms with Gasteiger partial charge in [-0.25, -0.2) is 0 Å². The first-order chi connectivity index (χ1) is 34.8. The highest BCUT2D eigenvalue weighted by atomic mass is 16.5. The van der Waals surface area contributed by atoms with Gasteiger partial charge in [0.1, 0.15) is 0 Å². The maximum atomic E-state index is 5.89. The number of piperazine rings is 2. The topological polar surface area (TPSA) is 65.7 Å². The maximum absolute atomic E-state index is 5.89. The Balaban J connectivity index is 0.910. The zero-order valence-electron chi connectivity index (χ0n) is 46.5. The van der Waals surface area contributed by atoms with Crippen molar-refractivity contribution >= 4 is 0 Å². The molecule has 10 fully saturated rings. The molecule has 0 aromatic carbocycles. The van der Waals surface area contributed by atoms with Gasteiger partial charge >= 0.3 is 0 Å². The fraction of sp³-hybridized carbons (Fsp3) is 1.00. The standard InChI is InChI=1S/C58H110N12O/c1-47(63-25-9-52(10-26-63)50-7-23-61(3)24-8-50)45-56(65-27-11-51(12-28-65)49-5-19-59-20-6-49)46-57(69-31-15-55(16-32-69)68-41-43-71-44-42-68)58(70-33-17-54(18-34-70)67-39-37-62(4)38-40-67)48(2)64-29-13-53(14-30-64)66-35-21-60-22-36-66/h47-60H,5-46H2,1-4H3. The van der Waals surface area contributed by atoms with E-state index in [-0.39, 0.29) is 0 Å². The highest BCUT2D eigenvalue weighted by Crippen LogP contribution is 2.38. The van der Waals surface area contributed by atoms with Gasteiger partial charge in [-0.15, -0.1) is 0 Å². The molecule has 13 heteroatoms. The smallest absolute Gasteiger partial charge is 0.0594 e. The van der Waals surface area contributed by atoms with Crippen LogP contribution in [0.2, 0.25) is 0 Å². The highest BCUT2D eigenvalue weighted by Gasteiger charge is 2.45. The van der Waals surface area contributed by atoms with Crippen LogP contribution in [0.5, 0.6) is 0 Å². The molecule has 0 saturated carbocycles. The number of morpholine rings is 1. The number of likely N-dealkylation sites (N-methyl/N-ethyl adjacent to an activating group) is 1. The van der Waals surface area contributed by atoms with Crippen LogP contribution in [0.15, 0.2) is 0 Å². The van der Waals surface area contributed by atoms with Gasteiger partial charge < -0.3 is 35.0 Å². The third-order valence-electron chi connectivity index (χ3n) is 22.0. The van der Waals surface area contributed by atoms with Gasteiger partial charge in [-0.1, -0.05) is 0 Å². The van der Waals surface area contributed by atoms with E-state index in [1.165, 1.54) is 247 Å². The number of piperidine rings is 7. The fourth-order valence-electron chi connectivity index (χ4n) is 17.2. The van der Waals surface area contributed by atoms with Crippen LogP contribution in [-0.4, -0.2) is 282 Å². The molecule has 2 N–H and O–H groups in total. The van der Waals surface area contributed by atoms with Crippen LogP contribution in [0, 0.1) is 23.7 Å². The third-order valence-corrected chi connectivity index (χ3v) is 22.0. The van der Waals surface area contributed by atoms with Gasteiger partial charge in [0, 0.05) is 127 Å². The Kier molecular flexibility index (Phi) is 20.3. The van der Waals surface area contributed by atoms with Crippen LogP contribution >= 0.6 is 0 Å². The molecule has 10 heterocycles. The van der Waals surface area contributed by atoms with Crippen molar-refractivity contribution in [3.05, 3.63) is 0 Å². The average molecular weight is 992 g/mol. The summed E-state index contributed by atoms with van der Waals surface area (Å²) in [5.41, 5.74) is 0. The lowest BCUT2D eigenvalue weighted by Gasteiger charge is -2.54. The van der Waals surface area contributed by atoms with Crippen molar-refractivity contribution in [2.75, 3.05) is 184 Å².